The minimum Gasteiger partial charge on any atom is -0.493 e. The SMILES string of the molecule is COc1ccccc1OC(=O)c1cnc2ccccc2n1. The molecule has 5 nitrogen and oxygen atoms in total. The monoisotopic (exact) mass is 280 g/mol. The number of fused-ring (bicyclic) bond motifs is 1. The maximum absolute atomic E-state index is 12.1. The van der Waals surface area contributed by atoms with E-state index in [0.717, 1.165) is 5.52 Å². The first-order valence-corrected chi connectivity index (χ1v) is 6.35. The Morgan fingerprint density at radius 3 is 2.38 bits per heavy atom. The van der Waals surface area contributed by atoms with Crippen LogP contribution in [0.4, 0.5) is 0 Å². The van der Waals surface area contributed by atoms with Crippen LogP contribution in [0.2, 0.25) is 0 Å². The predicted molar refractivity (Wildman–Crippen MR) is 77.5 cm³/mol. The van der Waals surface area contributed by atoms with Crippen LogP contribution in [0.25, 0.3) is 11.0 Å². The van der Waals surface area contributed by atoms with Crippen molar-refractivity contribution in [1.82, 2.24) is 9.97 Å². The van der Waals surface area contributed by atoms with Crippen molar-refractivity contribution in [2.24, 2.45) is 0 Å². The molecule has 104 valence electrons. The van der Waals surface area contributed by atoms with E-state index in [1.165, 1.54) is 13.3 Å². The lowest BCUT2D eigenvalue weighted by atomic mass is 10.3. The number of aromatic nitrogens is 2. The van der Waals surface area contributed by atoms with Crippen molar-refractivity contribution in [3.63, 3.8) is 0 Å². The van der Waals surface area contributed by atoms with Crippen molar-refractivity contribution >= 4 is 17.0 Å². The van der Waals surface area contributed by atoms with Gasteiger partial charge in [-0.3, -0.25) is 4.98 Å². The number of hydrogen-bond donors (Lipinski definition) is 0. The zero-order valence-corrected chi connectivity index (χ0v) is 11.3. The number of benzene rings is 2. The summed E-state index contributed by atoms with van der Waals surface area (Å²) in [6, 6.07) is 14.3. The van der Waals surface area contributed by atoms with Gasteiger partial charge in [-0.2, -0.15) is 0 Å². The molecule has 0 spiro atoms. The molecule has 0 fully saturated rings. The summed E-state index contributed by atoms with van der Waals surface area (Å²) in [4.78, 5) is 20.6. The molecule has 0 atom stereocenters. The third kappa shape index (κ3) is 2.67. The van der Waals surface area contributed by atoms with Gasteiger partial charge in [-0.15, -0.1) is 0 Å². The van der Waals surface area contributed by atoms with Gasteiger partial charge < -0.3 is 9.47 Å². The van der Waals surface area contributed by atoms with Gasteiger partial charge in [0.1, 0.15) is 0 Å². The van der Waals surface area contributed by atoms with E-state index in [9.17, 15) is 4.79 Å². The summed E-state index contributed by atoms with van der Waals surface area (Å²) >= 11 is 0. The molecule has 3 aromatic rings. The lowest BCUT2D eigenvalue weighted by Crippen LogP contribution is -2.11. The number of esters is 1. The highest BCUT2D eigenvalue weighted by Gasteiger charge is 2.14. The number of para-hydroxylation sites is 4. The fraction of sp³-hybridized carbons (Fsp3) is 0.0625. The number of carbonyl (C=O) groups is 1. The van der Waals surface area contributed by atoms with E-state index in [-0.39, 0.29) is 5.69 Å². The second-order valence-corrected chi connectivity index (χ2v) is 4.28. The van der Waals surface area contributed by atoms with E-state index in [2.05, 4.69) is 9.97 Å². The molecular weight excluding hydrogens is 268 g/mol. The predicted octanol–water partition coefficient (Wildman–Crippen LogP) is 2.86. The smallest absolute Gasteiger partial charge is 0.364 e. The van der Waals surface area contributed by atoms with Crippen LogP contribution in [0.3, 0.4) is 0 Å². The molecule has 0 unspecified atom stereocenters. The van der Waals surface area contributed by atoms with Gasteiger partial charge in [0.15, 0.2) is 17.2 Å². The molecule has 0 aliphatic carbocycles. The minimum absolute atomic E-state index is 0.152. The average molecular weight is 280 g/mol. The molecule has 0 N–H and O–H groups in total. The fourth-order valence-corrected chi connectivity index (χ4v) is 1.91. The number of nitrogens with zero attached hydrogens (tertiary/aromatic N) is 2. The summed E-state index contributed by atoms with van der Waals surface area (Å²) in [5.41, 5.74) is 1.53. The first kappa shape index (κ1) is 13.1. The Balaban J connectivity index is 1.90. The van der Waals surface area contributed by atoms with Gasteiger partial charge in [-0.05, 0) is 24.3 Å². The zero-order chi connectivity index (χ0) is 14.7. The molecule has 0 bridgehead atoms. The van der Waals surface area contributed by atoms with Crippen molar-refractivity contribution < 1.29 is 14.3 Å². The zero-order valence-electron chi connectivity index (χ0n) is 11.3. The Labute approximate surface area is 121 Å². The Kier molecular flexibility index (Phi) is 3.47. The van der Waals surface area contributed by atoms with Crippen LogP contribution in [0, 0.1) is 0 Å². The summed E-state index contributed by atoms with van der Waals surface area (Å²) in [5, 5.41) is 0. The second kappa shape index (κ2) is 5.58. The van der Waals surface area contributed by atoms with Crippen LogP contribution in [0.5, 0.6) is 11.5 Å². The highest BCUT2D eigenvalue weighted by atomic mass is 16.6. The molecular formula is C16H12N2O3. The maximum atomic E-state index is 12.1. The topological polar surface area (TPSA) is 61.3 Å². The van der Waals surface area contributed by atoms with Gasteiger partial charge in [-0.25, -0.2) is 9.78 Å². The first-order chi connectivity index (χ1) is 10.3. The highest BCUT2D eigenvalue weighted by molar-refractivity contribution is 5.91. The van der Waals surface area contributed by atoms with Gasteiger partial charge >= 0.3 is 5.97 Å². The summed E-state index contributed by atoms with van der Waals surface area (Å²) in [6.45, 7) is 0. The molecule has 21 heavy (non-hydrogen) atoms. The van der Waals surface area contributed by atoms with Crippen LogP contribution < -0.4 is 9.47 Å². The fourth-order valence-electron chi connectivity index (χ4n) is 1.91. The molecule has 0 aliphatic heterocycles. The van der Waals surface area contributed by atoms with Crippen LogP contribution >= 0.6 is 0 Å². The molecule has 1 heterocycles. The molecule has 0 amide bonds. The molecule has 0 aliphatic rings. The largest absolute Gasteiger partial charge is 0.493 e. The minimum atomic E-state index is -0.572. The number of methoxy groups -OCH3 is 1. The summed E-state index contributed by atoms with van der Waals surface area (Å²) in [5.74, 6) is 0.261. The van der Waals surface area contributed by atoms with E-state index in [0.29, 0.717) is 17.0 Å². The van der Waals surface area contributed by atoms with E-state index in [4.69, 9.17) is 9.47 Å². The number of ether oxygens (including phenoxy) is 2. The van der Waals surface area contributed by atoms with Crippen molar-refractivity contribution in [3.05, 3.63) is 60.4 Å². The van der Waals surface area contributed by atoms with Gasteiger partial charge in [-0.1, -0.05) is 24.3 Å². The van der Waals surface area contributed by atoms with E-state index in [1.807, 2.05) is 18.2 Å². The van der Waals surface area contributed by atoms with Crippen molar-refractivity contribution in [1.29, 1.82) is 0 Å². The van der Waals surface area contributed by atoms with Crippen LogP contribution in [0.15, 0.2) is 54.7 Å². The molecule has 3 rings (SSSR count). The van der Waals surface area contributed by atoms with Gasteiger partial charge in [0.2, 0.25) is 0 Å². The number of carbonyl (C=O) groups excluding carboxylic acids is 1. The average Bonchev–Trinajstić information content (AvgIpc) is 2.55. The van der Waals surface area contributed by atoms with Crippen LogP contribution in [-0.4, -0.2) is 23.0 Å². The van der Waals surface area contributed by atoms with E-state index in [1.54, 1.807) is 30.3 Å². The lowest BCUT2D eigenvalue weighted by Gasteiger charge is -2.08. The third-order valence-electron chi connectivity index (χ3n) is 2.93. The lowest BCUT2D eigenvalue weighted by molar-refractivity contribution is 0.0723. The first-order valence-electron chi connectivity index (χ1n) is 6.35. The molecule has 0 radical (unpaired) electrons. The summed E-state index contributed by atoms with van der Waals surface area (Å²) in [7, 11) is 1.52. The second-order valence-electron chi connectivity index (χ2n) is 4.28. The van der Waals surface area contributed by atoms with Gasteiger partial charge in [0.05, 0.1) is 24.3 Å². The van der Waals surface area contributed by atoms with Crippen molar-refractivity contribution in [2.45, 2.75) is 0 Å². The molecule has 1 aromatic heterocycles. The molecule has 0 saturated carbocycles. The van der Waals surface area contributed by atoms with Gasteiger partial charge in [0, 0.05) is 0 Å². The Morgan fingerprint density at radius 1 is 0.952 bits per heavy atom. The van der Waals surface area contributed by atoms with Crippen molar-refractivity contribution in [2.75, 3.05) is 7.11 Å². The Bertz CT molecular complexity index is 802. The molecule has 0 saturated heterocycles. The summed E-state index contributed by atoms with van der Waals surface area (Å²) < 4.78 is 10.4. The Morgan fingerprint density at radius 2 is 1.62 bits per heavy atom. The quantitative estimate of drug-likeness (QED) is 0.545. The van der Waals surface area contributed by atoms with Gasteiger partial charge in [0.25, 0.3) is 0 Å². The van der Waals surface area contributed by atoms with Crippen LogP contribution in [-0.2, 0) is 0 Å². The number of rotatable bonds is 3. The highest BCUT2D eigenvalue weighted by Crippen LogP contribution is 2.26. The van der Waals surface area contributed by atoms with Crippen LogP contribution in [0.1, 0.15) is 10.5 Å². The normalized spacial score (nSPS) is 10.3. The van der Waals surface area contributed by atoms with Crippen molar-refractivity contribution in [3.8, 4) is 11.5 Å². The number of hydrogen-bond acceptors (Lipinski definition) is 5. The van der Waals surface area contributed by atoms with E-state index >= 15 is 0 Å². The van der Waals surface area contributed by atoms with E-state index < -0.39 is 5.97 Å². The maximum Gasteiger partial charge on any atom is 0.364 e. The summed E-state index contributed by atoms with van der Waals surface area (Å²) in [6.07, 6.45) is 1.40. The molecule has 2 aromatic carbocycles. The molecule has 5 heteroatoms. The third-order valence-corrected chi connectivity index (χ3v) is 2.93. The standard InChI is InChI=1S/C16H12N2O3/c1-20-14-8-4-5-9-15(14)21-16(19)13-10-17-11-6-2-3-7-12(11)18-13/h2-10H,1H3. The Hall–Kier alpha value is -2.95.